The molecule has 3 heterocycles. The lowest BCUT2D eigenvalue weighted by Crippen LogP contribution is -2.45. The van der Waals surface area contributed by atoms with Crippen molar-refractivity contribution in [1.29, 1.82) is 0 Å². The molecule has 0 bridgehead atoms. The fourth-order valence-corrected chi connectivity index (χ4v) is 4.61. The van der Waals surface area contributed by atoms with Crippen LogP contribution in [-0.4, -0.2) is 54.8 Å². The highest BCUT2D eigenvalue weighted by Crippen LogP contribution is 2.35. The minimum atomic E-state index is -0.423. The van der Waals surface area contributed by atoms with Gasteiger partial charge in [0.05, 0.1) is 12.6 Å². The summed E-state index contributed by atoms with van der Waals surface area (Å²) in [5.74, 6) is 0.529. The molecule has 1 amide bonds. The Kier molecular flexibility index (Phi) is 6.13. The predicted molar refractivity (Wildman–Crippen MR) is 123 cm³/mol. The van der Waals surface area contributed by atoms with Gasteiger partial charge in [-0.05, 0) is 48.7 Å². The molecule has 7 heteroatoms. The number of benzene rings is 2. The van der Waals surface area contributed by atoms with E-state index in [2.05, 4.69) is 4.98 Å². The van der Waals surface area contributed by atoms with Gasteiger partial charge in [-0.1, -0.05) is 12.1 Å². The Balaban J connectivity index is 1.27. The molecule has 2 saturated heterocycles. The van der Waals surface area contributed by atoms with Gasteiger partial charge in [-0.3, -0.25) is 9.78 Å². The molecule has 0 radical (unpaired) electrons. The van der Waals surface area contributed by atoms with Crippen LogP contribution in [0.25, 0.3) is 22.0 Å². The SMILES string of the molecule is COc1cc2cccnc2cc1-c1ccc(OC2CCN(C(=O)[C@H]3CCCO3)CC2)c(F)c1. The van der Waals surface area contributed by atoms with Crippen LogP contribution in [0.4, 0.5) is 4.39 Å². The first-order valence-electron chi connectivity index (χ1n) is 11.4. The van der Waals surface area contributed by atoms with Crippen molar-refractivity contribution < 1.29 is 23.4 Å². The van der Waals surface area contributed by atoms with Crippen LogP contribution in [0.1, 0.15) is 25.7 Å². The maximum absolute atomic E-state index is 15.0. The lowest BCUT2D eigenvalue weighted by atomic mass is 10.0. The highest BCUT2D eigenvalue weighted by Gasteiger charge is 2.31. The van der Waals surface area contributed by atoms with Crippen LogP contribution >= 0.6 is 0 Å². The molecule has 1 atom stereocenters. The largest absolute Gasteiger partial charge is 0.496 e. The fourth-order valence-electron chi connectivity index (χ4n) is 4.61. The van der Waals surface area contributed by atoms with Gasteiger partial charge in [0.25, 0.3) is 5.91 Å². The summed E-state index contributed by atoms with van der Waals surface area (Å²) in [6.45, 7) is 1.86. The van der Waals surface area contributed by atoms with Gasteiger partial charge in [0.2, 0.25) is 0 Å². The van der Waals surface area contributed by atoms with Crippen LogP contribution in [0.3, 0.4) is 0 Å². The summed E-state index contributed by atoms with van der Waals surface area (Å²) in [5.41, 5.74) is 2.29. The van der Waals surface area contributed by atoms with Gasteiger partial charge < -0.3 is 19.1 Å². The molecule has 2 fully saturated rings. The lowest BCUT2D eigenvalue weighted by Gasteiger charge is -2.33. The van der Waals surface area contributed by atoms with Crippen LogP contribution in [0.15, 0.2) is 48.7 Å². The Hall–Kier alpha value is -3.19. The van der Waals surface area contributed by atoms with Crippen LogP contribution in [0.2, 0.25) is 0 Å². The van der Waals surface area contributed by atoms with Crippen LogP contribution < -0.4 is 9.47 Å². The molecule has 0 aliphatic carbocycles. The van der Waals surface area contributed by atoms with E-state index in [1.165, 1.54) is 6.07 Å². The van der Waals surface area contributed by atoms with E-state index < -0.39 is 5.82 Å². The highest BCUT2D eigenvalue weighted by molar-refractivity contribution is 5.88. The Morgan fingerprint density at radius 3 is 2.70 bits per heavy atom. The molecular weight excluding hydrogens is 423 g/mol. The number of carbonyl (C=O) groups is 1. The van der Waals surface area contributed by atoms with E-state index in [-0.39, 0.29) is 23.9 Å². The summed E-state index contributed by atoms with van der Waals surface area (Å²) >= 11 is 0. The van der Waals surface area contributed by atoms with Gasteiger partial charge in [0.15, 0.2) is 11.6 Å². The van der Waals surface area contributed by atoms with Gasteiger partial charge in [0.1, 0.15) is 18.0 Å². The third-order valence-electron chi connectivity index (χ3n) is 6.42. The molecular formula is C26H27FN2O4. The summed E-state index contributed by atoms with van der Waals surface area (Å²) in [5, 5.41) is 0.961. The summed E-state index contributed by atoms with van der Waals surface area (Å²) in [7, 11) is 1.60. The van der Waals surface area contributed by atoms with E-state index in [0.29, 0.717) is 43.9 Å². The molecule has 1 aromatic heterocycles. The Bertz CT molecular complexity index is 1150. The first kappa shape index (κ1) is 21.6. The average molecular weight is 451 g/mol. The smallest absolute Gasteiger partial charge is 0.251 e. The zero-order valence-corrected chi connectivity index (χ0v) is 18.6. The van der Waals surface area contributed by atoms with Crippen molar-refractivity contribution in [2.45, 2.75) is 37.9 Å². The number of fused-ring (bicyclic) bond motifs is 1. The van der Waals surface area contributed by atoms with Crippen molar-refractivity contribution >= 4 is 16.8 Å². The number of nitrogens with zero attached hydrogens (tertiary/aromatic N) is 2. The van der Waals surface area contributed by atoms with E-state index in [1.807, 2.05) is 35.2 Å². The topological polar surface area (TPSA) is 60.9 Å². The second kappa shape index (κ2) is 9.35. The van der Waals surface area contributed by atoms with E-state index in [1.54, 1.807) is 19.4 Å². The second-order valence-corrected chi connectivity index (χ2v) is 8.54. The molecule has 2 aliphatic heterocycles. The number of halogens is 1. The van der Waals surface area contributed by atoms with Gasteiger partial charge in [-0.25, -0.2) is 4.39 Å². The molecule has 0 saturated carbocycles. The quantitative estimate of drug-likeness (QED) is 0.569. The van der Waals surface area contributed by atoms with Crippen molar-refractivity contribution in [2.75, 3.05) is 26.8 Å². The number of pyridine rings is 1. The monoisotopic (exact) mass is 450 g/mol. The Morgan fingerprint density at radius 2 is 1.97 bits per heavy atom. The molecule has 0 spiro atoms. The highest BCUT2D eigenvalue weighted by atomic mass is 19.1. The predicted octanol–water partition coefficient (Wildman–Crippen LogP) is 4.60. The summed E-state index contributed by atoms with van der Waals surface area (Å²) in [6, 6.07) is 12.6. The van der Waals surface area contributed by atoms with Gasteiger partial charge in [-0.15, -0.1) is 0 Å². The Morgan fingerprint density at radius 1 is 1.12 bits per heavy atom. The summed E-state index contributed by atoms with van der Waals surface area (Å²) in [6.07, 6.45) is 4.38. The normalized spacial score (nSPS) is 19.1. The number of likely N-dealkylation sites (tertiary alicyclic amines) is 1. The van der Waals surface area contributed by atoms with Gasteiger partial charge >= 0.3 is 0 Å². The van der Waals surface area contributed by atoms with E-state index >= 15 is 0 Å². The van der Waals surface area contributed by atoms with Gasteiger partial charge in [-0.2, -0.15) is 0 Å². The molecule has 2 aliphatic rings. The van der Waals surface area contributed by atoms with Crippen molar-refractivity contribution in [3.05, 3.63) is 54.5 Å². The van der Waals surface area contributed by atoms with Crippen molar-refractivity contribution in [1.82, 2.24) is 9.88 Å². The number of carbonyl (C=O) groups excluding carboxylic acids is 1. The summed E-state index contributed by atoms with van der Waals surface area (Å²) < 4.78 is 32.0. The molecule has 5 rings (SSSR count). The van der Waals surface area contributed by atoms with Crippen LogP contribution in [0, 0.1) is 5.82 Å². The van der Waals surface area contributed by atoms with Crippen molar-refractivity contribution in [3.63, 3.8) is 0 Å². The van der Waals surface area contributed by atoms with Crippen molar-refractivity contribution in [3.8, 4) is 22.6 Å². The number of hydrogen-bond acceptors (Lipinski definition) is 5. The maximum atomic E-state index is 15.0. The number of amides is 1. The third-order valence-corrected chi connectivity index (χ3v) is 6.42. The molecule has 0 unspecified atom stereocenters. The fraction of sp³-hybridized carbons (Fsp3) is 0.385. The minimum Gasteiger partial charge on any atom is -0.496 e. The molecule has 6 nitrogen and oxygen atoms in total. The lowest BCUT2D eigenvalue weighted by molar-refractivity contribution is -0.142. The molecule has 2 aromatic carbocycles. The number of rotatable bonds is 5. The zero-order chi connectivity index (χ0) is 22.8. The summed E-state index contributed by atoms with van der Waals surface area (Å²) in [4.78, 5) is 18.7. The van der Waals surface area contributed by atoms with Crippen LogP contribution in [-0.2, 0) is 9.53 Å². The van der Waals surface area contributed by atoms with E-state index in [9.17, 15) is 9.18 Å². The molecule has 33 heavy (non-hydrogen) atoms. The van der Waals surface area contributed by atoms with Crippen LogP contribution in [0.5, 0.6) is 11.5 Å². The van der Waals surface area contributed by atoms with Crippen molar-refractivity contribution in [2.24, 2.45) is 0 Å². The second-order valence-electron chi connectivity index (χ2n) is 8.54. The minimum absolute atomic E-state index is 0.0697. The average Bonchev–Trinajstić information content (AvgIpc) is 3.39. The number of ether oxygens (including phenoxy) is 3. The zero-order valence-electron chi connectivity index (χ0n) is 18.6. The number of aromatic nitrogens is 1. The number of piperidine rings is 1. The number of hydrogen-bond donors (Lipinski definition) is 0. The third kappa shape index (κ3) is 4.50. The van der Waals surface area contributed by atoms with E-state index in [0.717, 1.165) is 29.3 Å². The standard InChI is InChI=1S/C26H27FN2O4/c1-31-25-15-18-4-2-10-28-22(18)16-20(25)17-6-7-23(21(27)14-17)33-19-8-11-29(12-9-19)26(30)24-5-3-13-32-24/h2,4,6-7,10,14-16,19,24H,3,5,8-9,11-13H2,1H3/t24-/m1/s1. The first-order chi connectivity index (χ1) is 16.1. The molecule has 0 N–H and O–H groups in total. The van der Waals surface area contributed by atoms with Gasteiger partial charge in [0, 0.05) is 49.7 Å². The Labute approximate surface area is 192 Å². The first-order valence-corrected chi connectivity index (χ1v) is 11.4. The van der Waals surface area contributed by atoms with E-state index in [4.69, 9.17) is 14.2 Å². The molecule has 3 aromatic rings. The number of methoxy groups -OCH3 is 1. The molecule has 172 valence electrons. The maximum Gasteiger partial charge on any atom is 0.251 e.